The third kappa shape index (κ3) is 3.96. The quantitative estimate of drug-likeness (QED) is 0.890. The summed E-state index contributed by atoms with van der Waals surface area (Å²) in [6.45, 7) is 2.39. The largest absolute Gasteiger partial charge is 0.481 e. The van der Waals surface area contributed by atoms with Crippen LogP contribution in [0.1, 0.15) is 23.4 Å². The summed E-state index contributed by atoms with van der Waals surface area (Å²) in [7, 11) is 1.56. The first-order valence-electron chi connectivity index (χ1n) is 6.25. The summed E-state index contributed by atoms with van der Waals surface area (Å²) in [5.74, 6) is 0.539. The molecule has 5 nitrogen and oxygen atoms in total. The summed E-state index contributed by atoms with van der Waals surface area (Å²) >= 11 is 1.63. The van der Waals surface area contributed by atoms with E-state index >= 15 is 0 Å². The molecule has 1 atom stereocenters. The highest BCUT2D eigenvalue weighted by atomic mass is 32.1. The lowest BCUT2D eigenvalue weighted by Gasteiger charge is -2.13. The fourth-order valence-electron chi connectivity index (χ4n) is 1.71. The number of carbonyl (C=O) groups excluding carboxylic acids is 1. The number of ether oxygens (including phenoxy) is 1. The molecule has 2 rings (SSSR count). The molecule has 2 aromatic rings. The molecule has 2 amide bonds. The van der Waals surface area contributed by atoms with Crippen molar-refractivity contribution in [2.24, 2.45) is 0 Å². The first-order chi connectivity index (χ1) is 9.69. The van der Waals surface area contributed by atoms with E-state index < -0.39 is 0 Å². The Hall–Kier alpha value is -2.08. The topological polar surface area (TPSA) is 63.2 Å². The van der Waals surface area contributed by atoms with Crippen molar-refractivity contribution in [2.75, 3.05) is 7.11 Å². The number of carbonyl (C=O) groups is 1. The number of nitrogens with one attached hydrogen (secondary N) is 2. The van der Waals surface area contributed by atoms with Gasteiger partial charge in [0, 0.05) is 23.7 Å². The molecule has 106 valence electrons. The smallest absolute Gasteiger partial charge is 0.315 e. The Kier molecular flexibility index (Phi) is 4.95. The minimum atomic E-state index is -0.193. The van der Waals surface area contributed by atoms with E-state index in [4.69, 9.17) is 4.74 Å². The highest BCUT2D eigenvalue weighted by Gasteiger charge is 2.09. The minimum absolute atomic E-state index is 0.00183. The van der Waals surface area contributed by atoms with Gasteiger partial charge in [-0.05, 0) is 30.0 Å². The summed E-state index contributed by atoms with van der Waals surface area (Å²) in [4.78, 5) is 17.0. The Bertz CT molecular complexity index is 557. The summed E-state index contributed by atoms with van der Waals surface area (Å²) in [5.41, 5.74) is 0.941. The van der Waals surface area contributed by atoms with E-state index in [0.717, 1.165) is 10.4 Å². The molecule has 0 bridgehead atoms. The van der Waals surface area contributed by atoms with E-state index in [-0.39, 0.29) is 12.1 Å². The van der Waals surface area contributed by atoms with E-state index in [1.807, 2.05) is 30.5 Å². The zero-order valence-corrected chi connectivity index (χ0v) is 12.2. The van der Waals surface area contributed by atoms with E-state index in [0.29, 0.717) is 12.4 Å². The summed E-state index contributed by atoms with van der Waals surface area (Å²) in [6, 6.07) is 7.42. The van der Waals surface area contributed by atoms with Crippen LogP contribution in [-0.2, 0) is 6.54 Å². The van der Waals surface area contributed by atoms with Gasteiger partial charge in [-0.25, -0.2) is 9.78 Å². The Balaban J connectivity index is 1.83. The molecule has 0 spiro atoms. The zero-order chi connectivity index (χ0) is 14.4. The average Bonchev–Trinajstić information content (AvgIpc) is 2.99. The van der Waals surface area contributed by atoms with Crippen LogP contribution in [0.4, 0.5) is 4.79 Å². The number of methoxy groups -OCH3 is 1. The standard InChI is InChI=1S/C14H17N3O2S/c1-10(12-4-3-7-20-12)17-14(18)16-9-11-5-6-15-13(8-11)19-2/h3-8,10H,9H2,1-2H3,(H2,16,17,18). The normalized spacial score (nSPS) is 11.7. The van der Waals surface area contributed by atoms with Crippen LogP contribution >= 0.6 is 11.3 Å². The molecule has 20 heavy (non-hydrogen) atoms. The molecule has 0 fully saturated rings. The van der Waals surface area contributed by atoms with Gasteiger partial charge in [0.1, 0.15) is 0 Å². The molecule has 0 radical (unpaired) electrons. The molecule has 1 unspecified atom stereocenters. The highest BCUT2D eigenvalue weighted by molar-refractivity contribution is 7.10. The molecule has 0 aliphatic carbocycles. The van der Waals surface area contributed by atoms with E-state index in [1.165, 1.54) is 0 Å². The third-order valence-electron chi connectivity index (χ3n) is 2.78. The second-order valence-electron chi connectivity index (χ2n) is 4.27. The second kappa shape index (κ2) is 6.91. The molecule has 2 aromatic heterocycles. The van der Waals surface area contributed by atoms with E-state index in [1.54, 1.807) is 30.7 Å². The minimum Gasteiger partial charge on any atom is -0.481 e. The van der Waals surface area contributed by atoms with Crippen molar-refractivity contribution in [3.8, 4) is 5.88 Å². The van der Waals surface area contributed by atoms with Crippen molar-refractivity contribution in [1.29, 1.82) is 0 Å². The Labute approximate surface area is 122 Å². The maximum Gasteiger partial charge on any atom is 0.315 e. The van der Waals surface area contributed by atoms with Crippen LogP contribution in [0.15, 0.2) is 35.8 Å². The molecule has 0 saturated heterocycles. The van der Waals surface area contributed by atoms with E-state index in [9.17, 15) is 4.79 Å². The second-order valence-corrected chi connectivity index (χ2v) is 5.25. The van der Waals surface area contributed by atoms with Gasteiger partial charge in [0.2, 0.25) is 5.88 Å². The van der Waals surface area contributed by atoms with Gasteiger partial charge in [0.25, 0.3) is 0 Å². The van der Waals surface area contributed by atoms with Crippen LogP contribution < -0.4 is 15.4 Å². The number of aromatic nitrogens is 1. The van der Waals surface area contributed by atoms with Crippen molar-refractivity contribution in [3.05, 3.63) is 46.3 Å². The van der Waals surface area contributed by atoms with Gasteiger partial charge in [-0.2, -0.15) is 0 Å². The zero-order valence-electron chi connectivity index (χ0n) is 11.4. The van der Waals surface area contributed by atoms with Gasteiger partial charge in [-0.15, -0.1) is 11.3 Å². The average molecular weight is 291 g/mol. The number of pyridine rings is 1. The van der Waals surface area contributed by atoms with Crippen LogP contribution in [0, 0.1) is 0 Å². The molecule has 2 N–H and O–H groups in total. The first kappa shape index (κ1) is 14.3. The molecular formula is C14H17N3O2S. The van der Waals surface area contributed by atoms with Crippen LogP contribution in [0.5, 0.6) is 5.88 Å². The van der Waals surface area contributed by atoms with Gasteiger partial charge in [-0.3, -0.25) is 0 Å². The molecule has 2 heterocycles. The van der Waals surface area contributed by atoms with Crippen LogP contribution in [0.25, 0.3) is 0 Å². The monoisotopic (exact) mass is 291 g/mol. The molecular weight excluding hydrogens is 274 g/mol. The van der Waals surface area contributed by atoms with Crippen LogP contribution in [0.3, 0.4) is 0 Å². The summed E-state index contributed by atoms with van der Waals surface area (Å²) in [5, 5.41) is 7.70. The SMILES string of the molecule is COc1cc(CNC(=O)NC(C)c2cccs2)ccn1. The predicted molar refractivity (Wildman–Crippen MR) is 78.9 cm³/mol. The molecule has 0 aliphatic rings. The van der Waals surface area contributed by atoms with Crippen molar-refractivity contribution in [3.63, 3.8) is 0 Å². The van der Waals surface area contributed by atoms with Gasteiger partial charge in [0.05, 0.1) is 13.2 Å². The lowest BCUT2D eigenvalue weighted by Crippen LogP contribution is -2.36. The fourth-order valence-corrected chi connectivity index (χ4v) is 2.45. The maximum absolute atomic E-state index is 11.8. The summed E-state index contributed by atoms with van der Waals surface area (Å²) < 4.78 is 5.04. The van der Waals surface area contributed by atoms with Gasteiger partial charge in [-0.1, -0.05) is 6.07 Å². The van der Waals surface area contributed by atoms with Crippen molar-refractivity contribution < 1.29 is 9.53 Å². The van der Waals surface area contributed by atoms with Crippen molar-refractivity contribution in [2.45, 2.75) is 19.5 Å². The number of nitrogens with zero attached hydrogens (tertiary/aromatic N) is 1. The third-order valence-corrected chi connectivity index (χ3v) is 3.83. The first-order valence-corrected chi connectivity index (χ1v) is 7.13. The number of amides is 2. The Morgan fingerprint density at radius 3 is 3.05 bits per heavy atom. The lowest BCUT2D eigenvalue weighted by atomic mass is 10.2. The molecule has 0 aliphatic heterocycles. The van der Waals surface area contributed by atoms with Crippen LogP contribution in [0.2, 0.25) is 0 Å². The predicted octanol–water partition coefficient (Wildman–Crippen LogP) is 2.71. The number of hydrogen-bond acceptors (Lipinski definition) is 4. The Morgan fingerprint density at radius 2 is 2.35 bits per heavy atom. The highest BCUT2D eigenvalue weighted by Crippen LogP contribution is 2.17. The Morgan fingerprint density at radius 1 is 1.50 bits per heavy atom. The lowest BCUT2D eigenvalue weighted by molar-refractivity contribution is 0.237. The maximum atomic E-state index is 11.8. The van der Waals surface area contributed by atoms with Crippen LogP contribution in [-0.4, -0.2) is 18.1 Å². The fraction of sp³-hybridized carbons (Fsp3) is 0.286. The molecule has 0 aromatic carbocycles. The number of rotatable bonds is 5. The summed E-state index contributed by atoms with van der Waals surface area (Å²) in [6.07, 6.45) is 1.65. The number of hydrogen-bond donors (Lipinski definition) is 2. The van der Waals surface area contributed by atoms with Gasteiger partial charge >= 0.3 is 6.03 Å². The van der Waals surface area contributed by atoms with Crippen molar-refractivity contribution in [1.82, 2.24) is 15.6 Å². The van der Waals surface area contributed by atoms with Crippen molar-refractivity contribution >= 4 is 17.4 Å². The van der Waals surface area contributed by atoms with E-state index in [2.05, 4.69) is 15.6 Å². The van der Waals surface area contributed by atoms with Gasteiger partial charge < -0.3 is 15.4 Å². The number of urea groups is 1. The molecule has 0 saturated carbocycles. The molecule has 6 heteroatoms. The number of thiophene rings is 1. The van der Waals surface area contributed by atoms with Gasteiger partial charge in [0.15, 0.2) is 0 Å².